The van der Waals surface area contributed by atoms with Gasteiger partial charge in [0, 0.05) is 42.0 Å². The third-order valence-electron chi connectivity index (χ3n) is 8.36. The molecule has 0 amide bonds. The van der Waals surface area contributed by atoms with Crippen LogP contribution in [0.15, 0.2) is 18.2 Å². The Bertz CT molecular complexity index is 1590. The predicted molar refractivity (Wildman–Crippen MR) is 156 cm³/mol. The lowest BCUT2D eigenvalue weighted by Crippen LogP contribution is -2.53. The van der Waals surface area contributed by atoms with Gasteiger partial charge in [0.2, 0.25) is 5.78 Å². The number of hydrogen-bond acceptors (Lipinski definition) is 14. The van der Waals surface area contributed by atoms with Crippen LogP contribution in [0.5, 0.6) is 17.2 Å². The lowest BCUT2D eigenvalue weighted by molar-refractivity contribution is -0.247. The largest absolute Gasteiger partial charge is 0.507 e. The minimum atomic E-state index is -2.24. The Morgan fingerprint density at radius 1 is 1.02 bits per heavy atom. The van der Waals surface area contributed by atoms with Crippen LogP contribution in [-0.4, -0.2) is 109 Å². The number of phenols is 2. The third kappa shape index (κ3) is 6.69. The maximum absolute atomic E-state index is 13.6. The highest BCUT2D eigenvalue weighted by Crippen LogP contribution is 2.52. The molecule has 1 heterocycles. The van der Waals surface area contributed by atoms with Crippen molar-refractivity contribution in [3.05, 3.63) is 51.6 Å². The monoisotopic (exact) mass is 661 g/mol. The van der Waals surface area contributed by atoms with Gasteiger partial charge in [-0.05, 0) is 13.0 Å². The number of phenolic OH excluding ortho intramolecular Hbond substituents is 2. The molecule has 47 heavy (non-hydrogen) atoms. The van der Waals surface area contributed by atoms with Crippen molar-refractivity contribution in [1.82, 2.24) is 0 Å². The number of Topliss-reactive ketones (excluding diaryl/α,β-unsaturated/α-hetero) is 1. The number of fused-ring (bicyclic) bond motifs is 3. The zero-order valence-corrected chi connectivity index (χ0v) is 25.3. The SMILES string of the molecule is COc1cccc2c1C(=O)c1c(O)c3c(c(O)c1C2=O)C[C@@](O)(C(=O)CO)C[C@@H]3O[C@H]1C[C@H](N)[C@H](O)[C@H](C)O1.O=C(O)CCC(=O)O. The van der Waals surface area contributed by atoms with Gasteiger partial charge in [0.25, 0.3) is 0 Å². The number of aliphatic carboxylic acids is 2. The number of ketones is 3. The highest BCUT2D eigenvalue weighted by atomic mass is 16.7. The van der Waals surface area contributed by atoms with Crippen LogP contribution in [0.2, 0.25) is 0 Å². The number of methoxy groups -OCH3 is 1. The van der Waals surface area contributed by atoms with Crippen LogP contribution in [0.25, 0.3) is 0 Å². The van der Waals surface area contributed by atoms with Crippen LogP contribution in [0.1, 0.15) is 81.7 Å². The first-order chi connectivity index (χ1) is 22.1. The molecule has 2 aromatic rings. The quantitative estimate of drug-likeness (QED) is 0.147. The van der Waals surface area contributed by atoms with E-state index in [2.05, 4.69) is 0 Å². The molecule has 5 rings (SSSR count). The van der Waals surface area contributed by atoms with Gasteiger partial charge < -0.3 is 55.7 Å². The molecule has 9 N–H and O–H groups in total. The van der Waals surface area contributed by atoms with Crippen molar-refractivity contribution in [2.24, 2.45) is 5.73 Å². The third-order valence-corrected chi connectivity index (χ3v) is 8.36. The number of hydrogen-bond donors (Lipinski definition) is 8. The molecule has 0 aromatic heterocycles. The number of nitrogens with two attached hydrogens (primary N) is 1. The number of carbonyl (C=O) groups is 5. The molecule has 0 bridgehead atoms. The molecule has 0 unspecified atom stereocenters. The first kappa shape index (κ1) is 35.4. The van der Waals surface area contributed by atoms with Crippen molar-refractivity contribution < 1.29 is 73.9 Å². The summed E-state index contributed by atoms with van der Waals surface area (Å²) in [6.07, 6.45) is -5.72. The maximum Gasteiger partial charge on any atom is 0.303 e. The Morgan fingerprint density at radius 2 is 1.64 bits per heavy atom. The average Bonchev–Trinajstić information content (AvgIpc) is 3.02. The highest BCUT2D eigenvalue weighted by molar-refractivity contribution is 6.31. The van der Waals surface area contributed by atoms with Gasteiger partial charge in [-0.3, -0.25) is 24.0 Å². The van der Waals surface area contributed by atoms with Crippen molar-refractivity contribution in [3.8, 4) is 17.2 Å². The van der Waals surface area contributed by atoms with E-state index in [-0.39, 0.29) is 47.3 Å². The van der Waals surface area contributed by atoms with Gasteiger partial charge in [-0.15, -0.1) is 0 Å². The predicted octanol–water partition coefficient (Wildman–Crippen LogP) is -0.0629. The number of carboxylic acid groups (broad SMARTS) is 2. The second-order valence-corrected chi connectivity index (χ2v) is 11.4. The molecule has 1 saturated heterocycles. The van der Waals surface area contributed by atoms with Crippen LogP contribution < -0.4 is 10.5 Å². The topological polar surface area (TPSA) is 281 Å². The van der Waals surface area contributed by atoms with Crippen molar-refractivity contribution in [3.63, 3.8) is 0 Å². The van der Waals surface area contributed by atoms with Gasteiger partial charge in [0.15, 0.2) is 17.9 Å². The zero-order valence-electron chi connectivity index (χ0n) is 25.3. The Balaban J connectivity index is 0.000000555. The number of aliphatic hydroxyl groups excluding tert-OH is 2. The Hall–Kier alpha value is -4.45. The Labute approximate surface area is 266 Å². The van der Waals surface area contributed by atoms with Crippen molar-refractivity contribution >= 4 is 29.3 Å². The summed E-state index contributed by atoms with van der Waals surface area (Å²) in [4.78, 5) is 59.0. The van der Waals surface area contributed by atoms with Gasteiger partial charge in [-0.1, -0.05) is 12.1 Å². The standard InChI is InChI=1S/C27H29NO11.C4H6O4/c1-10-22(31)13(28)6-17(38-10)39-15-8-27(36,16(30)9-29)7-12-19(15)26(35)21-20(24(12)33)23(32)11-4-3-5-14(37-2)18(11)25(21)34;5-3(6)1-2-4(7)8/h3-5,10,13,15,17,22,29,31,33,35-36H,6-9,28H2,1-2H3;1-2H2,(H,5,6)(H,7,8)/t10-,13-,15-,17-,22+,27-;/m0./s1. The van der Waals surface area contributed by atoms with Crippen LogP contribution in [0, 0.1) is 0 Å². The molecule has 6 atom stereocenters. The minimum Gasteiger partial charge on any atom is -0.507 e. The van der Waals surface area contributed by atoms with Crippen LogP contribution in [0.3, 0.4) is 0 Å². The zero-order chi connectivity index (χ0) is 35.0. The smallest absolute Gasteiger partial charge is 0.303 e. The van der Waals surface area contributed by atoms with Gasteiger partial charge in [0.05, 0.1) is 55.0 Å². The van der Waals surface area contributed by atoms with E-state index in [0.717, 1.165) is 0 Å². The van der Waals surface area contributed by atoms with E-state index in [4.69, 9.17) is 30.2 Å². The summed E-state index contributed by atoms with van der Waals surface area (Å²) in [6.45, 7) is 0.560. The fraction of sp³-hybridized carbons (Fsp3) is 0.452. The number of aliphatic hydroxyl groups is 3. The second kappa shape index (κ2) is 13.7. The fourth-order valence-electron chi connectivity index (χ4n) is 5.96. The molecule has 16 heteroatoms. The number of benzene rings is 2. The maximum atomic E-state index is 13.6. The molecule has 1 aliphatic heterocycles. The molecular formula is C31H35NO15. The summed E-state index contributed by atoms with van der Waals surface area (Å²) in [7, 11) is 1.32. The first-order valence-corrected chi connectivity index (χ1v) is 14.5. The van der Waals surface area contributed by atoms with Crippen LogP contribution in [0.4, 0.5) is 0 Å². The van der Waals surface area contributed by atoms with Gasteiger partial charge >= 0.3 is 11.9 Å². The first-order valence-electron chi connectivity index (χ1n) is 14.5. The summed E-state index contributed by atoms with van der Waals surface area (Å²) in [5.74, 6) is -5.93. The van der Waals surface area contributed by atoms with Gasteiger partial charge in [-0.25, -0.2) is 0 Å². The number of carbonyl (C=O) groups excluding carboxylic acids is 3. The summed E-state index contributed by atoms with van der Waals surface area (Å²) < 4.78 is 17.0. The summed E-state index contributed by atoms with van der Waals surface area (Å²) in [6, 6.07) is 3.64. The molecule has 2 aliphatic carbocycles. The Kier molecular flexibility index (Phi) is 10.3. The summed E-state index contributed by atoms with van der Waals surface area (Å²) >= 11 is 0. The number of carboxylic acids is 2. The van der Waals surface area contributed by atoms with E-state index in [9.17, 15) is 49.5 Å². The van der Waals surface area contributed by atoms with E-state index >= 15 is 0 Å². The fourth-order valence-corrected chi connectivity index (χ4v) is 5.96. The highest BCUT2D eigenvalue weighted by Gasteiger charge is 2.50. The second-order valence-electron chi connectivity index (χ2n) is 11.4. The molecule has 254 valence electrons. The Morgan fingerprint density at radius 3 is 2.19 bits per heavy atom. The van der Waals surface area contributed by atoms with Crippen LogP contribution >= 0.6 is 0 Å². The van der Waals surface area contributed by atoms with Gasteiger partial charge in [0.1, 0.15) is 29.5 Å². The summed E-state index contributed by atoms with van der Waals surface area (Å²) in [5, 5.41) is 69.5. The van der Waals surface area contributed by atoms with E-state index in [0.29, 0.717) is 0 Å². The number of ether oxygens (including phenoxy) is 3. The van der Waals surface area contributed by atoms with Crippen LogP contribution in [-0.2, 0) is 30.3 Å². The van der Waals surface area contributed by atoms with E-state index in [1.165, 1.54) is 25.3 Å². The molecule has 0 saturated carbocycles. The van der Waals surface area contributed by atoms with Crippen molar-refractivity contribution in [2.75, 3.05) is 13.7 Å². The van der Waals surface area contributed by atoms with E-state index < -0.39 is 108 Å². The lowest BCUT2D eigenvalue weighted by atomic mass is 9.72. The normalized spacial score (nSPS) is 26.2. The van der Waals surface area contributed by atoms with Crippen molar-refractivity contribution in [1.29, 1.82) is 0 Å². The van der Waals surface area contributed by atoms with Gasteiger partial charge in [-0.2, -0.15) is 0 Å². The summed E-state index contributed by atoms with van der Waals surface area (Å²) in [5.41, 5.74) is 2.37. The minimum absolute atomic E-state index is 0.0173. The van der Waals surface area contributed by atoms with E-state index in [1.807, 2.05) is 0 Å². The number of rotatable bonds is 8. The number of aromatic hydroxyl groups is 2. The van der Waals surface area contributed by atoms with Crippen molar-refractivity contribution in [2.45, 2.75) is 75.3 Å². The molecular weight excluding hydrogens is 626 g/mol. The molecule has 0 radical (unpaired) electrons. The molecule has 1 fully saturated rings. The average molecular weight is 662 g/mol. The lowest BCUT2D eigenvalue weighted by Gasteiger charge is -2.42. The molecule has 2 aromatic carbocycles. The molecule has 16 nitrogen and oxygen atoms in total. The molecule has 0 spiro atoms. The van der Waals surface area contributed by atoms with E-state index in [1.54, 1.807) is 6.92 Å². The molecule has 3 aliphatic rings.